The molecule has 0 unspecified atom stereocenters. The molecule has 0 radical (unpaired) electrons. The van der Waals surface area contributed by atoms with Gasteiger partial charge in [-0.3, -0.25) is 9.59 Å². The molecule has 1 aliphatic carbocycles. The fourth-order valence-electron chi connectivity index (χ4n) is 2.66. The SMILES string of the molecule is O=C(CCCc1cccs1)NC1CCC(C(=O)O)CC1. The van der Waals surface area contributed by atoms with Crippen LogP contribution >= 0.6 is 11.3 Å². The van der Waals surface area contributed by atoms with E-state index in [0.29, 0.717) is 19.3 Å². The smallest absolute Gasteiger partial charge is 0.306 e. The predicted molar refractivity (Wildman–Crippen MR) is 78.8 cm³/mol. The summed E-state index contributed by atoms with van der Waals surface area (Å²) >= 11 is 1.73. The van der Waals surface area contributed by atoms with Crippen LogP contribution in [0.25, 0.3) is 0 Å². The zero-order valence-electron chi connectivity index (χ0n) is 11.5. The van der Waals surface area contributed by atoms with Gasteiger partial charge in [-0.1, -0.05) is 6.07 Å². The van der Waals surface area contributed by atoms with Crippen molar-refractivity contribution in [3.63, 3.8) is 0 Å². The van der Waals surface area contributed by atoms with Gasteiger partial charge in [0.25, 0.3) is 0 Å². The number of rotatable bonds is 6. The molecular formula is C15H21NO3S. The summed E-state index contributed by atoms with van der Waals surface area (Å²) in [6.45, 7) is 0. The second kappa shape index (κ2) is 7.43. The normalized spacial score (nSPS) is 22.4. The van der Waals surface area contributed by atoms with Crippen LogP contribution < -0.4 is 5.32 Å². The van der Waals surface area contributed by atoms with Crippen LogP contribution in [0.4, 0.5) is 0 Å². The maximum absolute atomic E-state index is 11.8. The number of nitrogens with one attached hydrogen (secondary N) is 1. The standard InChI is InChI=1S/C15H21NO3S/c17-14(5-1-3-13-4-2-10-20-13)16-12-8-6-11(7-9-12)15(18)19/h2,4,10-12H,1,3,5-9H2,(H,16,17)(H,18,19). The van der Waals surface area contributed by atoms with Gasteiger partial charge in [-0.2, -0.15) is 0 Å². The second-order valence-electron chi connectivity index (χ2n) is 5.39. The number of hydrogen-bond acceptors (Lipinski definition) is 3. The first-order valence-corrected chi connectivity index (χ1v) is 8.07. The van der Waals surface area contributed by atoms with E-state index < -0.39 is 5.97 Å². The number of thiophene rings is 1. The van der Waals surface area contributed by atoms with E-state index >= 15 is 0 Å². The Hall–Kier alpha value is -1.36. The van der Waals surface area contributed by atoms with Gasteiger partial charge in [-0.05, 0) is 50.0 Å². The number of amides is 1. The number of aliphatic carboxylic acids is 1. The van der Waals surface area contributed by atoms with Gasteiger partial charge in [0.2, 0.25) is 5.91 Å². The van der Waals surface area contributed by atoms with Gasteiger partial charge in [0, 0.05) is 17.3 Å². The maximum atomic E-state index is 11.8. The molecule has 1 aromatic heterocycles. The van der Waals surface area contributed by atoms with Crippen LogP contribution in [0.1, 0.15) is 43.4 Å². The molecule has 2 N–H and O–H groups in total. The molecule has 4 nitrogen and oxygen atoms in total. The molecule has 0 saturated heterocycles. The van der Waals surface area contributed by atoms with Crippen molar-refractivity contribution >= 4 is 23.2 Å². The van der Waals surface area contributed by atoms with E-state index in [4.69, 9.17) is 5.11 Å². The van der Waals surface area contributed by atoms with Crippen LogP contribution in [0.15, 0.2) is 17.5 Å². The lowest BCUT2D eigenvalue weighted by Gasteiger charge is -2.26. The van der Waals surface area contributed by atoms with Crippen LogP contribution in [-0.2, 0) is 16.0 Å². The van der Waals surface area contributed by atoms with Crippen LogP contribution in [0, 0.1) is 5.92 Å². The highest BCUT2D eigenvalue weighted by Crippen LogP contribution is 2.24. The van der Waals surface area contributed by atoms with E-state index in [-0.39, 0.29) is 17.9 Å². The lowest BCUT2D eigenvalue weighted by atomic mass is 9.86. The Morgan fingerprint density at radius 1 is 1.30 bits per heavy atom. The quantitative estimate of drug-likeness (QED) is 0.848. The average Bonchev–Trinajstić information content (AvgIpc) is 2.92. The minimum Gasteiger partial charge on any atom is -0.481 e. The van der Waals surface area contributed by atoms with Crippen molar-refractivity contribution in [3.8, 4) is 0 Å². The highest BCUT2D eigenvalue weighted by atomic mass is 32.1. The highest BCUT2D eigenvalue weighted by molar-refractivity contribution is 7.09. The third-order valence-corrected chi connectivity index (χ3v) is 4.78. The fourth-order valence-corrected chi connectivity index (χ4v) is 3.41. The lowest BCUT2D eigenvalue weighted by molar-refractivity contribution is -0.142. The molecule has 0 aromatic carbocycles. The molecule has 2 rings (SSSR count). The summed E-state index contributed by atoms with van der Waals surface area (Å²) in [6, 6.07) is 4.29. The first-order chi connectivity index (χ1) is 9.65. The van der Waals surface area contributed by atoms with Crippen LogP contribution in [-0.4, -0.2) is 23.0 Å². The summed E-state index contributed by atoms with van der Waals surface area (Å²) in [5, 5.41) is 14.0. The topological polar surface area (TPSA) is 66.4 Å². The first-order valence-electron chi connectivity index (χ1n) is 7.19. The van der Waals surface area contributed by atoms with Crippen LogP contribution in [0.5, 0.6) is 0 Å². The van der Waals surface area contributed by atoms with Crippen molar-refractivity contribution < 1.29 is 14.7 Å². The lowest BCUT2D eigenvalue weighted by Crippen LogP contribution is -2.38. The van der Waals surface area contributed by atoms with E-state index in [0.717, 1.165) is 25.7 Å². The van der Waals surface area contributed by atoms with Crippen molar-refractivity contribution in [1.29, 1.82) is 0 Å². The minimum absolute atomic E-state index is 0.0975. The Morgan fingerprint density at radius 2 is 2.05 bits per heavy atom. The van der Waals surface area contributed by atoms with Gasteiger partial charge < -0.3 is 10.4 Å². The zero-order valence-corrected chi connectivity index (χ0v) is 12.3. The summed E-state index contributed by atoms with van der Waals surface area (Å²) in [5.74, 6) is -0.826. The summed E-state index contributed by atoms with van der Waals surface area (Å²) < 4.78 is 0. The molecule has 0 atom stereocenters. The summed E-state index contributed by atoms with van der Waals surface area (Å²) in [7, 11) is 0. The molecule has 0 spiro atoms. The fraction of sp³-hybridized carbons (Fsp3) is 0.600. The van der Waals surface area contributed by atoms with Gasteiger partial charge in [-0.25, -0.2) is 0 Å². The van der Waals surface area contributed by atoms with Crippen LogP contribution in [0.2, 0.25) is 0 Å². The molecule has 5 heteroatoms. The van der Waals surface area contributed by atoms with E-state index in [1.165, 1.54) is 4.88 Å². The minimum atomic E-state index is -0.703. The molecule has 1 aliphatic rings. The van der Waals surface area contributed by atoms with Crippen molar-refractivity contribution in [2.45, 2.75) is 51.0 Å². The van der Waals surface area contributed by atoms with Gasteiger partial charge in [0.15, 0.2) is 0 Å². The van der Waals surface area contributed by atoms with Gasteiger partial charge >= 0.3 is 5.97 Å². The van der Waals surface area contributed by atoms with Crippen LogP contribution in [0.3, 0.4) is 0 Å². The van der Waals surface area contributed by atoms with Crippen molar-refractivity contribution in [3.05, 3.63) is 22.4 Å². The number of carbonyl (C=O) groups is 2. The first kappa shape index (κ1) is 15.0. The van der Waals surface area contributed by atoms with Crippen molar-refractivity contribution in [2.24, 2.45) is 5.92 Å². The van der Waals surface area contributed by atoms with Crippen molar-refractivity contribution in [1.82, 2.24) is 5.32 Å². The molecule has 0 bridgehead atoms. The molecule has 0 aliphatic heterocycles. The Morgan fingerprint density at radius 3 is 2.65 bits per heavy atom. The average molecular weight is 295 g/mol. The molecule has 1 fully saturated rings. The molecule has 1 amide bonds. The number of carboxylic acid groups (broad SMARTS) is 1. The summed E-state index contributed by atoms with van der Waals surface area (Å²) in [4.78, 5) is 24.0. The Bertz CT molecular complexity index is 436. The highest BCUT2D eigenvalue weighted by Gasteiger charge is 2.26. The molecule has 110 valence electrons. The number of aryl methyl sites for hydroxylation is 1. The monoisotopic (exact) mass is 295 g/mol. The number of hydrogen-bond donors (Lipinski definition) is 2. The number of carboxylic acids is 1. The molecule has 1 saturated carbocycles. The molecule has 1 aromatic rings. The maximum Gasteiger partial charge on any atom is 0.306 e. The van der Waals surface area contributed by atoms with E-state index in [9.17, 15) is 9.59 Å². The second-order valence-corrected chi connectivity index (χ2v) is 6.42. The predicted octanol–water partition coefficient (Wildman–Crippen LogP) is 2.83. The van der Waals surface area contributed by atoms with Gasteiger partial charge in [0.05, 0.1) is 5.92 Å². The van der Waals surface area contributed by atoms with E-state index in [1.54, 1.807) is 11.3 Å². The zero-order chi connectivity index (χ0) is 14.4. The summed E-state index contributed by atoms with van der Waals surface area (Å²) in [5.41, 5.74) is 0. The Kier molecular flexibility index (Phi) is 5.59. The molecular weight excluding hydrogens is 274 g/mol. The Labute approximate surface area is 123 Å². The largest absolute Gasteiger partial charge is 0.481 e. The number of carbonyl (C=O) groups excluding carboxylic acids is 1. The van der Waals surface area contributed by atoms with Gasteiger partial charge in [0.1, 0.15) is 0 Å². The van der Waals surface area contributed by atoms with Gasteiger partial charge in [-0.15, -0.1) is 11.3 Å². The van der Waals surface area contributed by atoms with E-state index in [1.807, 2.05) is 6.07 Å². The molecule has 1 heterocycles. The third-order valence-electron chi connectivity index (χ3n) is 3.85. The third kappa shape index (κ3) is 4.63. The Balaban J connectivity index is 1.61. The van der Waals surface area contributed by atoms with Crippen molar-refractivity contribution in [2.75, 3.05) is 0 Å². The summed E-state index contributed by atoms with van der Waals surface area (Å²) in [6.07, 6.45) is 5.30. The molecule has 20 heavy (non-hydrogen) atoms. The van der Waals surface area contributed by atoms with E-state index in [2.05, 4.69) is 16.8 Å².